The van der Waals surface area contributed by atoms with E-state index in [1.807, 2.05) is 0 Å². The Hall–Kier alpha value is -2.33. The lowest BCUT2D eigenvalue weighted by atomic mass is 10.1. The second-order valence-electron chi connectivity index (χ2n) is 4.84. The number of amidine groups is 2. The first-order valence-corrected chi connectivity index (χ1v) is 9.27. The third kappa shape index (κ3) is 2.89. The first-order chi connectivity index (χ1) is 11.3. The summed E-state index contributed by atoms with van der Waals surface area (Å²) < 4.78 is 36.6. The number of hydrogen-bond donors (Lipinski definition) is 1. The Bertz CT molecular complexity index is 933. The van der Waals surface area contributed by atoms with Crippen molar-refractivity contribution in [3.05, 3.63) is 41.2 Å². The van der Waals surface area contributed by atoms with Gasteiger partial charge in [0.15, 0.2) is 5.84 Å². The predicted molar refractivity (Wildman–Crippen MR) is 90.9 cm³/mol. The van der Waals surface area contributed by atoms with E-state index in [2.05, 4.69) is 10.1 Å². The number of carbonyl (C=O) groups excluding carboxylic acids is 1. The summed E-state index contributed by atoms with van der Waals surface area (Å²) in [5.74, 6) is -1.51. The Balaban J connectivity index is 1.99. The molecule has 10 heteroatoms. The molecule has 1 aromatic carbocycles. The Labute approximate surface area is 141 Å². The van der Waals surface area contributed by atoms with Crippen molar-refractivity contribution in [1.29, 1.82) is 5.41 Å². The average Bonchev–Trinajstić information content (AvgIpc) is 2.98. The number of sulfone groups is 1. The van der Waals surface area contributed by atoms with E-state index in [9.17, 15) is 17.6 Å². The Morgan fingerprint density at radius 2 is 2.00 bits per heavy atom. The van der Waals surface area contributed by atoms with Crippen LogP contribution < -0.4 is 0 Å². The Morgan fingerprint density at radius 3 is 2.62 bits per heavy atom. The monoisotopic (exact) mass is 366 g/mol. The van der Waals surface area contributed by atoms with E-state index < -0.39 is 21.6 Å². The molecule has 1 N–H and O–H groups in total. The van der Waals surface area contributed by atoms with Crippen molar-refractivity contribution in [2.45, 2.75) is 6.92 Å². The largest absolute Gasteiger partial charge is 0.283 e. The number of hydrogen-bond acceptors (Lipinski definition) is 6. The normalized spacial score (nSPS) is 19.4. The standard InChI is InChI=1S/C14H11FN4O3S2/c1-2-24(21,22)14-18-19-11(16)10(12(20)17-13(19)23-14)7-8-3-5-9(15)6-4-8/h3-7,16H,2H2,1H3/b10-7-,16-11?. The molecule has 2 aliphatic heterocycles. The third-order valence-corrected chi connectivity index (χ3v) is 6.35. The van der Waals surface area contributed by atoms with Crippen molar-refractivity contribution in [3.8, 4) is 0 Å². The molecule has 0 aromatic heterocycles. The van der Waals surface area contributed by atoms with Gasteiger partial charge in [0, 0.05) is 0 Å². The number of nitrogens with zero attached hydrogens (tertiary/aromatic N) is 3. The van der Waals surface area contributed by atoms with Crippen molar-refractivity contribution >= 4 is 49.0 Å². The number of hydrazone groups is 1. The lowest BCUT2D eigenvalue weighted by Crippen LogP contribution is -2.35. The van der Waals surface area contributed by atoms with Crippen LogP contribution in [0.3, 0.4) is 0 Å². The summed E-state index contributed by atoms with van der Waals surface area (Å²) in [6.07, 6.45) is 1.39. The highest BCUT2D eigenvalue weighted by Gasteiger charge is 2.39. The van der Waals surface area contributed by atoms with Crippen LogP contribution in [0, 0.1) is 11.2 Å². The van der Waals surface area contributed by atoms with Crippen LogP contribution in [0.4, 0.5) is 4.39 Å². The molecule has 0 fully saturated rings. The second-order valence-corrected chi connectivity index (χ2v) is 8.25. The molecule has 0 radical (unpaired) electrons. The van der Waals surface area contributed by atoms with Crippen molar-refractivity contribution in [3.63, 3.8) is 0 Å². The highest BCUT2D eigenvalue weighted by molar-refractivity contribution is 8.42. The van der Waals surface area contributed by atoms with Gasteiger partial charge in [0.05, 0.1) is 11.3 Å². The molecule has 0 unspecified atom stereocenters. The molecule has 0 atom stereocenters. The maximum absolute atomic E-state index is 12.9. The number of amides is 1. The minimum Gasteiger partial charge on any atom is -0.282 e. The summed E-state index contributed by atoms with van der Waals surface area (Å²) in [5, 5.41) is 13.1. The van der Waals surface area contributed by atoms with E-state index >= 15 is 0 Å². The zero-order valence-electron chi connectivity index (χ0n) is 12.4. The molecule has 0 aliphatic carbocycles. The highest BCUT2D eigenvalue weighted by atomic mass is 32.3. The third-order valence-electron chi connectivity index (χ3n) is 3.26. The van der Waals surface area contributed by atoms with Gasteiger partial charge in [-0.15, -0.1) is 5.10 Å². The molecule has 0 spiro atoms. The van der Waals surface area contributed by atoms with Crippen molar-refractivity contribution in [1.82, 2.24) is 5.01 Å². The van der Waals surface area contributed by atoms with Gasteiger partial charge >= 0.3 is 0 Å². The smallest absolute Gasteiger partial charge is 0.282 e. The lowest BCUT2D eigenvalue weighted by molar-refractivity contribution is -0.114. The lowest BCUT2D eigenvalue weighted by Gasteiger charge is -2.20. The van der Waals surface area contributed by atoms with Crippen LogP contribution in [-0.4, -0.2) is 40.5 Å². The summed E-state index contributed by atoms with van der Waals surface area (Å²) in [5.41, 5.74) is 0.463. The fourth-order valence-corrected chi connectivity index (χ4v) is 4.11. The fourth-order valence-electron chi connectivity index (χ4n) is 1.95. The van der Waals surface area contributed by atoms with E-state index in [0.29, 0.717) is 5.56 Å². The topological polar surface area (TPSA) is 103 Å². The van der Waals surface area contributed by atoms with Crippen LogP contribution in [0.2, 0.25) is 0 Å². The maximum Gasteiger partial charge on any atom is 0.283 e. The molecule has 0 saturated heterocycles. The van der Waals surface area contributed by atoms with E-state index in [4.69, 9.17) is 5.41 Å². The van der Waals surface area contributed by atoms with Gasteiger partial charge in [-0.2, -0.15) is 10.0 Å². The second kappa shape index (κ2) is 5.95. The first-order valence-electron chi connectivity index (χ1n) is 6.80. The van der Waals surface area contributed by atoms with Gasteiger partial charge in [-0.05, 0) is 35.5 Å². The van der Waals surface area contributed by atoms with E-state index in [-0.39, 0.29) is 26.7 Å². The predicted octanol–water partition coefficient (Wildman–Crippen LogP) is 1.84. The number of fused-ring (bicyclic) bond motifs is 1. The molecule has 2 heterocycles. The molecule has 1 aromatic rings. The maximum atomic E-state index is 12.9. The van der Waals surface area contributed by atoms with E-state index in [0.717, 1.165) is 16.8 Å². The van der Waals surface area contributed by atoms with Crippen LogP contribution in [0.15, 0.2) is 39.9 Å². The first kappa shape index (κ1) is 16.5. The van der Waals surface area contributed by atoms with Gasteiger partial charge in [0.25, 0.3) is 5.91 Å². The molecular formula is C14H11FN4O3S2. The van der Waals surface area contributed by atoms with E-state index in [1.165, 1.54) is 37.3 Å². The van der Waals surface area contributed by atoms with Gasteiger partial charge in [0.1, 0.15) is 5.82 Å². The summed E-state index contributed by atoms with van der Waals surface area (Å²) in [7, 11) is -3.56. The molecule has 0 saturated carbocycles. The van der Waals surface area contributed by atoms with Crippen LogP contribution in [0.5, 0.6) is 0 Å². The summed E-state index contributed by atoms with van der Waals surface area (Å²) in [6, 6.07) is 5.37. The number of carbonyl (C=O) groups is 1. The van der Waals surface area contributed by atoms with Crippen molar-refractivity contribution in [2.75, 3.05) is 5.75 Å². The van der Waals surface area contributed by atoms with Crippen LogP contribution in [-0.2, 0) is 14.6 Å². The SMILES string of the molecule is CCS(=O)(=O)C1=NN2C(=N)/C(=C/c3ccc(F)cc3)C(=O)N=C2S1. The quantitative estimate of drug-likeness (QED) is 0.805. The van der Waals surface area contributed by atoms with Gasteiger partial charge in [-0.25, -0.2) is 12.8 Å². The van der Waals surface area contributed by atoms with Gasteiger partial charge < -0.3 is 0 Å². The molecular weight excluding hydrogens is 355 g/mol. The minimum atomic E-state index is -3.56. The fraction of sp³-hybridized carbons (Fsp3) is 0.143. The molecule has 24 heavy (non-hydrogen) atoms. The highest BCUT2D eigenvalue weighted by Crippen LogP contribution is 2.30. The van der Waals surface area contributed by atoms with Crippen LogP contribution in [0.25, 0.3) is 6.08 Å². The van der Waals surface area contributed by atoms with Crippen molar-refractivity contribution in [2.24, 2.45) is 10.1 Å². The van der Waals surface area contributed by atoms with Crippen LogP contribution >= 0.6 is 11.8 Å². The van der Waals surface area contributed by atoms with E-state index in [1.54, 1.807) is 0 Å². The molecule has 0 bridgehead atoms. The van der Waals surface area contributed by atoms with Gasteiger partial charge in [-0.3, -0.25) is 10.2 Å². The summed E-state index contributed by atoms with van der Waals surface area (Å²) in [4.78, 5) is 15.9. The molecule has 3 rings (SSSR count). The van der Waals surface area contributed by atoms with Gasteiger partial charge in [0.2, 0.25) is 19.4 Å². The van der Waals surface area contributed by atoms with Crippen LogP contribution in [0.1, 0.15) is 12.5 Å². The minimum absolute atomic E-state index is 0.0354. The van der Waals surface area contributed by atoms with Gasteiger partial charge in [-0.1, -0.05) is 19.1 Å². The zero-order chi connectivity index (χ0) is 17.5. The molecule has 1 amide bonds. The number of thioether (sulfide) groups is 1. The number of rotatable bonds is 2. The Morgan fingerprint density at radius 1 is 1.33 bits per heavy atom. The number of halogens is 1. The summed E-state index contributed by atoms with van der Waals surface area (Å²) in [6.45, 7) is 1.48. The Kier molecular flexibility index (Phi) is 4.10. The number of nitrogens with one attached hydrogen (secondary N) is 1. The zero-order valence-corrected chi connectivity index (χ0v) is 14.0. The summed E-state index contributed by atoms with van der Waals surface area (Å²) >= 11 is 0.743. The average molecular weight is 366 g/mol. The molecule has 2 aliphatic rings. The molecule has 124 valence electrons. The van der Waals surface area contributed by atoms with Crippen molar-refractivity contribution < 1.29 is 17.6 Å². The number of aliphatic imine (C=N–C) groups is 1. The number of benzene rings is 1. The molecule has 7 nitrogen and oxygen atoms in total.